The zero-order valence-corrected chi connectivity index (χ0v) is 12.7. The van der Waals surface area contributed by atoms with E-state index in [9.17, 15) is 0 Å². The van der Waals surface area contributed by atoms with Crippen LogP contribution in [-0.4, -0.2) is 23.5 Å². The Morgan fingerprint density at radius 3 is 2.86 bits per heavy atom. The second-order valence-electron chi connectivity index (χ2n) is 6.09. The summed E-state index contributed by atoms with van der Waals surface area (Å²) in [6, 6.07) is 8.34. The first kappa shape index (κ1) is 14.3. The molecule has 0 aliphatic heterocycles. The fourth-order valence-corrected chi connectivity index (χ4v) is 2.87. The van der Waals surface area contributed by atoms with Crippen molar-refractivity contribution in [2.24, 2.45) is 11.7 Å². The lowest BCUT2D eigenvalue weighted by molar-refractivity contribution is 0.210. The third-order valence-electron chi connectivity index (χ3n) is 4.36. The number of likely N-dealkylation sites (N-methyl/N-ethyl adjacent to an activating group) is 1. The van der Waals surface area contributed by atoms with Gasteiger partial charge in [-0.25, -0.2) is 0 Å². The molecule has 0 bridgehead atoms. The molecule has 0 spiro atoms. The summed E-state index contributed by atoms with van der Waals surface area (Å²) in [5.74, 6) is 3.46. The smallest absolute Gasteiger partial charge is 0.122 e. The summed E-state index contributed by atoms with van der Waals surface area (Å²) in [5.41, 5.74) is 7.15. The van der Waals surface area contributed by atoms with Crippen LogP contribution in [0.3, 0.4) is 0 Å². The van der Waals surface area contributed by atoms with E-state index in [2.05, 4.69) is 42.1 Å². The Bertz CT molecular complexity index is 581. The maximum atomic E-state index is 6.05. The Balaban J connectivity index is 1.70. The SMILES string of the molecule is CC1CC1c1ccc(C(CN)N(C)Cc2cccnc2)o1. The first-order chi connectivity index (χ1) is 10.2. The third kappa shape index (κ3) is 3.17. The van der Waals surface area contributed by atoms with Crippen molar-refractivity contribution in [3.8, 4) is 0 Å². The molecule has 0 amide bonds. The van der Waals surface area contributed by atoms with Gasteiger partial charge in [-0.1, -0.05) is 13.0 Å². The van der Waals surface area contributed by atoms with Gasteiger partial charge in [0, 0.05) is 31.4 Å². The molecule has 0 radical (unpaired) electrons. The number of hydrogen-bond acceptors (Lipinski definition) is 4. The zero-order chi connectivity index (χ0) is 14.8. The van der Waals surface area contributed by atoms with Crippen molar-refractivity contribution in [2.75, 3.05) is 13.6 Å². The molecular formula is C17H23N3O. The van der Waals surface area contributed by atoms with Crippen molar-refractivity contribution < 1.29 is 4.42 Å². The Hall–Kier alpha value is -1.65. The highest BCUT2D eigenvalue weighted by atomic mass is 16.3. The van der Waals surface area contributed by atoms with Crippen LogP contribution in [-0.2, 0) is 6.54 Å². The Morgan fingerprint density at radius 2 is 2.24 bits per heavy atom. The molecule has 21 heavy (non-hydrogen) atoms. The lowest BCUT2D eigenvalue weighted by atomic mass is 10.1. The summed E-state index contributed by atoms with van der Waals surface area (Å²) in [4.78, 5) is 6.38. The molecule has 3 unspecified atom stereocenters. The first-order valence-electron chi connectivity index (χ1n) is 7.58. The van der Waals surface area contributed by atoms with Crippen LogP contribution in [0.2, 0.25) is 0 Å². The van der Waals surface area contributed by atoms with Crippen LogP contribution in [0.1, 0.15) is 42.4 Å². The molecule has 2 N–H and O–H groups in total. The van der Waals surface area contributed by atoms with Crippen LogP contribution in [0.5, 0.6) is 0 Å². The topological polar surface area (TPSA) is 55.3 Å². The van der Waals surface area contributed by atoms with Gasteiger partial charge < -0.3 is 10.2 Å². The average molecular weight is 285 g/mol. The molecule has 4 heteroatoms. The van der Waals surface area contributed by atoms with Crippen molar-refractivity contribution in [3.05, 3.63) is 53.7 Å². The molecule has 2 heterocycles. The van der Waals surface area contributed by atoms with E-state index in [1.165, 1.54) is 12.0 Å². The van der Waals surface area contributed by atoms with Crippen LogP contribution in [0.25, 0.3) is 0 Å². The lowest BCUT2D eigenvalue weighted by Crippen LogP contribution is -2.29. The van der Waals surface area contributed by atoms with Gasteiger partial charge in [0.1, 0.15) is 11.5 Å². The summed E-state index contributed by atoms with van der Waals surface area (Å²) in [7, 11) is 2.08. The van der Waals surface area contributed by atoms with E-state index in [1.807, 2.05) is 12.3 Å². The zero-order valence-electron chi connectivity index (χ0n) is 12.7. The Kier molecular flexibility index (Phi) is 4.08. The number of hydrogen-bond donors (Lipinski definition) is 1. The van der Waals surface area contributed by atoms with Gasteiger partial charge in [0.25, 0.3) is 0 Å². The molecule has 1 aliphatic rings. The van der Waals surface area contributed by atoms with Crippen molar-refractivity contribution in [1.82, 2.24) is 9.88 Å². The summed E-state index contributed by atoms with van der Waals surface area (Å²) in [6.45, 7) is 3.62. The molecule has 3 rings (SSSR count). The Labute approximate surface area is 126 Å². The van der Waals surface area contributed by atoms with Gasteiger partial charge >= 0.3 is 0 Å². The van der Waals surface area contributed by atoms with E-state index < -0.39 is 0 Å². The van der Waals surface area contributed by atoms with Crippen LogP contribution in [0.4, 0.5) is 0 Å². The van der Waals surface area contributed by atoms with Gasteiger partial charge in [-0.3, -0.25) is 9.88 Å². The van der Waals surface area contributed by atoms with Crippen LogP contribution in [0, 0.1) is 5.92 Å². The molecule has 1 fully saturated rings. The van der Waals surface area contributed by atoms with E-state index in [4.69, 9.17) is 10.2 Å². The highest BCUT2D eigenvalue weighted by Crippen LogP contribution is 2.47. The standard InChI is InChI=1S/C17H23N3O/c1-12-8-14(12)16-5-6-17(21-16)15(9-18)20(2)11-13-4-3-7-19-10-13/h3-7,10,12,14-15H,8-9,11,18H2,1-2H3. The molecule has 1 aliphatic carbocycles. The second kappa shape index (κ2) is 6.00. The van der Waals surface area contributed by atoms with Gasteiger partial charge in [0.2, 0.25) is 0 Å². The van der Waals surface area contributed by atoms with Gasteiger partial charge in [-0.05, 0) is 43.1 Å². The number of nitrogens with two attached hydrogens (primary N) is 1. The van der Waals surface area contributed by atoms with Crippen molar-refractivity contribution in [3.63, 3.8) is 0 Å². The monoisotopic (exact) mass is 285 g/mol. The molecule has 0 aromatic carbocycles. The van der Waals surface area contributed by atoms with E-state index >= 15 is 0 Å². The van der Waals surface area contributed by atoms with Gasteiger partial charge in [0.05, 0.1) is 6.04 Å². The predicted molar refractivity (Wildman–Crippen MR) is 82.7 cm³/mol. The molecular weight excluding hydrogens is 262 g/mol. The minimum absolute atomic E-state index is 0.105. The fourth-order valence-electron chi connectivity index (χ4n) is 2.87. The number of pyridine rings is 1. The van der Waals surface area contributed by atoms with Crippen molar-refractivity contribution in [1.29, 1.82) is 0 Å². The number of rotatable bonds is 6. The number of furan rings is 1. The molecule has 112 valence electrons. The molecule has 2 aromatic heterocycles. The number of aromatic nitrogens is 1. The molecule has 0 saturated heterocycles. The van der Waals surface area contributed by atoms with Crippen LogP contribution in [0.15, 0.2) is 41.1 Å². The fraction of sp³-hybridized carbons (Fsp3) is 0.471. The minimum atomic E-state index is 0.105. The largest absolute Gasteiger partial charge is 0.464 e. The van der Waals surface area contributed by atoms with E-state index in [1.54, 1.807) is 6.20 Å². The maximum Gasteiger partial charge on any atom is 0.122 e. The highest BCUT2D eigenvalue weighted by Gasteiger charge is 2.37. The third-order valence-corrected chi connectivity index (χ3v) is 4.36. The van der Waals surface area contributed by atoms with Gasteiger partial charge in [-0.2, -0.15) is 0 Å². The predicted octanol–water partition coefficient (Wildman–Crippen LogP) is 2.93. The Morgan fingerprint density at radius 1 is 1.43 bits per heavy atom. The lowest BCUT2D eigenvalue weighted by Gasteiger charge is -2.25. The molecule has 1 saturated carbocycles. The average Bonchev–Trinajstić information content (AvgIpc) is 3.02. The number of nitrogens with zero attached hydrogens (tertiary/aromatic N) is 2. The minimum Gasteiger partial charge on any atom is -0.464 e. The van der Waals surface area contributed by atoms with E-state index in [-0.39, 0.29) is 6.04 Å². The van der Waals surface area contributed by atoms with E-state index in [0.717, 1.165) is 24.0 Å². The summed E-state index contributed by atoms with van der Waals surface area (Å²) >= 11 is 0. The van der Waals surface area contributed by atoms with Crippen molar-refractivity contribution >= 4 is 0 Å². The van der Waals surface area contributed by atoms with E-state index in [0.29, 0.717) is 12.5 Å². The van der Waals surface area contributed by atoms with Crippen LogP contribution >= 0.6 is 0 Å². The van der Waals surface area contributed by atoms with Gasteiger partial charge in [-0.15, -0.1) is 0 Å². The molecule has 3 atom stereocenters. The second-order valence-corrected chi connectivity index (χ2v) is 6.09. The summed E-state index contributed by atoms with van der Waals surface area (Å²) in [6.07, 6.45) is 4.93. The first-order valence-corrected chi connectivity index (χ1v) is 7.58. The van der Waals surface area contributed by atoms with Gasteiger partial charge in [0.15, 0.2) is 0 Å². The quantitative estimate of drug-likeness (QED) is 0.886. The van der Waals surface area contributed by atoms with Crippen LogP contribution < -0.4 is 5.73 Å². The summed E-state index contributed by atoms with van der Waals surface area (Å²) in [5, 5.41) is 0. The molecule has 2 aromatic rings. The summed E-state index contributed by atoms with van der Waals surface area (Å²) < 4.78 is 6.05. The highest BCUT2D eigenvalue weighted by molar-refractivity contribution is 5.20. The van der Waals surface area contributed by atoms with Crippen molar-refractivity contribution in [2.45, 2.75) is 31.8 Å². The maximum absolute atomic E-state index is 6.05. The molecule has 4 nitrogen and oxygen atoms in total. The normalized spacial score (nSPS) is 22.5.